The highest BCUT2D eigenvalue weighted by Gasteiger charge is 2.25. The minimum absolute atomic E-state index is 0.104. The molecule has 0 saturated heterocycles. The van der Waals surface area contributed by atoms with E-state index in [1.807, 2.05) is 48.3 Å². The molecule has 1 atom stereocenters. The van der Waals surface area contributed by atoms with Crippen LogP contribution in [0.25, 0.3) is 11.3 Å². The zero-order valence-corrected chi connectivity index (χ0v) is 14.5. The molecule has 0 radical (unpaired) electrons. The zero-order chi connectivity index (χ0) is 18.1. The van der Waals surface area contributed by atoms with Crippen molar-refractivity contribution in [2.24, 2.45) is 7.05 Å². The number of nitrogens with one attached hydrogen (secondary N) is 2. The number of carbonyl (C=O) groups excluding carboxylic acids is 1. The van der Waals surface area contributed by atoms with Gasteiger partial charge in [0, 0.05) is 24.0 Å². The van der Waals surface area contributed by atoms with Gasteiger partial charge in [0.05, 0.1) is 12.2 Å². The Labute approximate surface area is 150 Å². The summed E-state index contributed by atoms with van der Waals surface area (Å²) in [7, 11) is 1.91. The van der Waals surface area contributed by atoms with Crippen molar-refractivity contribution in [2.45, 2.75) is 25.3 Å². The van der Waals surface area contributed by atoms with E-state index in [9.17, 15) is 9.59 Å². The molecule has 2 heterocycles. The van der Waals surface area contributed by atoms with Crippen molar-refractivity contribution in [1.82, 2.24) is 20.1 Å². The van der Waals surface area contributed by atoms with Gasteiger partial charge in [-0.2, -0.15) is 5.10 Å². The summed E-state index contributed by atoms with van der Waals surface area (Å²) in [6.45, 7) is 0. The molecule has 0 saturated carbocycles. The summed E-state index contributed by atoms with van der Waals surface area (Å²) in [6, 6.07) is 12.8. The van der Waals surface area contributed by atoms with Crippen molar-refractivity contribution in [3.8, 4) is 11.3 Å². The van der Waals surface area contributed by atoms with Gasteiger partial charge in [0.2, 0.25) is 0 Å². The van der Waals surface area contributed by atoms with Crippen molar-refractivity contribution in [2.75, 3.05) is 0 Å². The summed E-state index contributed by atoms with van der Waals surface area (Å²) in [6.07, 6.45) is 4.61. The second-order valence-corrected chi connectivity index (χ2v) is 6.57. The Hall–Kier alpha value is -3.15. The normalized spacial score (nSPS) is 16.1. The molecule has 1 amide bonds. The lowest BCUT2D eigenvalue weighted by molar-refractivity contribution is 0.0931. The molecule has 0 spiro atoms. The first-order chi connectivity index (χ1) is 12.6. The maximum absolute atomic E-state index is 12.6. The molecule has 0 aliphatic heterocycles. The summed E-state index contributed by atoms with van der Waals surface area (Å²) in [5.74, 6) is -0.354. The molecule has 132 valence electrons. The van der Waals surface area contributed by atoms with Gasteiger partial charge >= 0.3 is 0 Å². The van der Waals surface area contributed by atoms with Crippen LogP contribution < -0.4 is 10.9 Å². The van der Waals surface area contributed by atoms with Gasteiger partial charge in [0.1, 0.15) is 5.56 Å². The van der Waals surface area contributed by atoms with Gasteiger partial charge in [0.25, 0.3) is 11.5 Å². The highest BCUT2D eigenvalue weighted by atomic mass is 16.2. The predicted octanol–water partition coefficient (Wildman–Crippen LogP) is 2.58. The molecular formula is C20H20N4O2. The van der Waals surface area contributed by atoms with E-state index in [2.05, 4.69) is 15.4 Å². The molecule has 0 unspecified atom stereocenters. The van der Waals surface area contributed by atoms with E-state index in [4.69, 9.17) is 0 Å². The van der Waals surface area contributed by atoms with Gasteiger partial charge in [0.15, 0.2) is 0 Å². The molecule has 0 fully saturated rings. The number of aryl methyl sites for hydroxylation is 1. The van der Waals surface area contributed by atoms with E-state index in [1.165, 1.54) is 0 Å². The molecule has 6 heteroatoms. The lowest BCUT2D eigenvalue weighted by atomic mass is 9.93. The van der Waals surface area contributed by atoms with E-state index in [0.717, 1.165) is 36.1 Å². The summed E-state index contributed by atoms with van der Waals surface area (Å²) in [5, 5.41) is 7.28. The van der Waals surface area contributed by atoms with E-state index in [-0.39, 0.29) is 23.1 Å². The largest absolute Gasteiger partial charge is 0.345 e. The molecule has 4 rings (SSSR count). The standard InChI is InChI=1S/C20H20N4O2/c1-24-18-9-5-8-17(15(18)12-21-24)23-20(26)14-10-11-16(22-19(14)25)13-6-3-2-4-7-13/h2-4,6-7,10-12,17H,5,8-9H2,1H3,(H,22,25)(H,23,26)/t17-/m1/s1. The number of hydrogen-bond acceptors (Lipinski definition) is 3. The van der Waals surface area contributed by atoms with Crippen LogP contribution in [0.5, 0.6) is 0 Å². The number of aromatic nitrogens is 3. The average molecular weight is 348 g/mol. The molecule has 6 nitrogen and oxygen atoms in total. The van der Waals surface area contributed by atoms with Crippen LogP contribution in [0.3, 0.4) is 0 Å². The van der Waals surface area contributed by atoms with Crippen LogP contribution in [0.4, 0.5) is 0 Å². The first-order valence-electron chi connectivity index (χ1n) is 8.74. The number of pyridine rings is 1. The van der Waals surface area contributed by atoms with Crippen molar-refractivity contribution in [1.29, 1.82) is 0 Å². The number of carbonyl (C=O) groups is 1. The Morgan fingerprint density at radius 2 is 2.04 bits per heavy atom. The van der Waals surface area contributed by atoms with Crippen molar-refractivity contribution in [3.05, 3.63) is 75.8 Å². The highest BCUT2D eigenvalue weighted by Crippen LogP contribution is 2.29. The second kappa shape index (κ2) is 6.63. The van der Waals surface area contributed by atoms with E-state index >= 15 is 0 Å². The van der Waals surface area contributed by atoms with Crippen LogP contribution in [-0.2, 0) is 13.5 Å². The monoisotopic (exact) mass is 348 g/mol. The third-order valence-electron chi connectivity index (χ3n) is 4.92. The SMILES string of the molecule is Cn1ncc2c1CCC[C@H]2NC(=O)c1ccc(-c2ccccc2)[nH]c1=O. The lowest BCUT2D eigenvalue weighted by Gasteiger charge is -2.23. The average Bonchev–Trinajstić information content (AvgIpc) is 3.04. The number of fused-ring (bicyclic) bond motifs is 1. The summed E-state index contributed by atoms with van der Waals surface area (Å²) in [4.78, 5) is 27.9. The molecule has 1 aromatic carbocycles. The van der Waals surface area contributed by atoms with Gasteiger partial charge in [-0.05, 0) is 37.0 Å². The fourth-order valence-electron chi connectivity index (χ4n) is 3.53. The smallest absolute Gasteiger partial charge is 0.261 e. The predicted molar refractivity (Wildman–Crippen MR) is 98.9 cm³/mol. The van der Waals surface area contributed by atoms with Crippen molar-refractivity contribution in [3.63, 3.8) is 0 Å². The fraction of sp³-hybridized carbons (Fsp3) is 0.250. The molecule has 2 aromatic heterocycles. The van der Waals surface area contributed by atoms with Crippen LogP contribution in [0.1, 0.15) is 40.5 Å². The second-order valence-electron chi connectivity index (χ2n) is 6.57. The van der Waals surface area contributed by atoms with Gasteiger partial charge < -0.3 is 10.3 Å². The van der Waals surface area contributed by atoms with E-state index in [1.54, 1.807) is 12.1 Å². The summed E-state index contributed by atoms with van der Waals surface area (Å²) in [5.41, 5.74) is 3.54. The number of amides is 1. The highest BCUT2D eigenvalue weighted by molar-refractivity contribution is 5.94. The minimum atomic E-state index is -0.383. The first kappa shape index (κ1) is 16.3. The Balaban J connectivity index is 1.57. The Morgan fingerprint density at radius 1 is 1.23 bits per heavy atom. The molecule has 0 bridgehead atoms. The van der Waals surface area contributed by atoms with Crippen LogP contribution in [0.15, 0.2) is 53.5 Å². The Morgan fingerprint density at radius 3 is 2.81 bits per heavy atom. The number of rotatable bonds is 3. The van der Waals surface area contributed by atoms with Gasteiger partial charge in [-0.1, -0.05) is 30.3 Å². The van der Waals surface area contributed by atoms with Crippen molar-refractivity contribution < 1.29 is 4.79 Å². The fourth-order valence-corrected chi connectivity index (χ4v) is 3.53. The Bertz CT molecular complexity index is 1000. The van der Waals surface area contributed by atoms with E-state index in [0.29, 0.717) is 5.69 Å². The third kappa shape index (κ3) is 2.94. The minimum Gasteiger partial charge on any atom is -0.345 e. The van der Waals surface area contributed by atoms with Crippen molar-refractivity contribution >= 4 is 5.91 Å². The quantitative estimate of drug-likeness (QED) is 0.763. The maximum atomic E-state index is 12.6. The molecule has 2 N–H and O–H groups in total. The zero-order valence-electron chi connectivity index (χ0n) is 14.5. The van der Waals surface area contributed by atoms with Crippen LogP contribution in [0.2, 0.25) is 0 Å². The van der Waals surface area contributed by atoms with Crippen LogP contribution in [-0.4, -0.2) is 20.7 Å². The lowest BCUT2D eigenvalue weighted by Crippen LogP contribution is -2.34. The first-order valence-corrected chi connectivity index (χ1v) is 8.74. The van der Waals surface area contributed by atoms with E-state index < -0.39 is 0 Å². The van der Waals surface area contributed by atoms with Gasteiger partial charge in [-0.25, -0.2) is 0 Å². The van der Waals surface area contributed by atoms with Gasteiger partial charge in [-0.3, -0.25) is 14.3 Å². The number of hydrogen-bond donors (Lipinski definition) is 2. The molecule has 3 aromatic rings. The molecule has 1 aliphatic carbocycles. The molecular weight excluding hydrogens is 328 g/mol. The summed E-state index contributed by atoms with van der Waals surface area (Å²) < 4.78 is 1.86. The number of H-pyrrole nitrogens is 1. The molecule has 26 heavy (non-hydrogen) atoms. The Kier molecular flexibility index (Phi) is 4.16. The number of benzene rings is 1. The van der Waals surface area contributed by atoms with Gasteiger partial charge in [-0.15, -0.1) is 0 Å². The number of aromatic amines is 1. The van der Waals surface area contributed by atoms with Crippen LogP contribution >= 0.6 is 0 Å². The number of nitrogens with zero attached hydrogens (tertiary/aromatic N) is 2. The van der Waals surface area contributed by atoms with Crippen LogP contribution in [0, 0.1) is 0 Å². The summed E-state index contributed by atoms with van der Waals surface area (Å²) >= 11 is 0. The topological polar surface area (TPSA) is 79.8 Å². The molecule has 1 aliphatic rings. The maximum Gasteiger partial charge on any atom is 0.261 e. The third-order valence-corrected chi connectivity index (χ3v) is 4.92.